The molecule has 0 unspecified atom stereocenters. The van der Waals surface area contributed by atoms with Gasteiger partial charge in [0.15, 0.2) is 0 Å². The van der Waals surface area contributed by atoms with Crippen LogP contribution < -0.4 is 0 Å². The predicted molar refractivity (Wildman–Crippen MR) is 83.7 cm³/mol. The van der Waals surface area contributed by atoms with Gasteiger partial charge in [-0.05, 0) is 24.3 Å². The summed E-state index contributed by atoms with van der Waals surface area (Å²) in [6.07, 6.45) is 3.07. The van der Waals surface area contributed by atoms with Gasteiger partial charge in [0.05, 0.1) is 23.3 Å². The molecular weight excluding hydrogens is 317 g/mol. The Balaban J connectivity index is 1.89. The van der Waals surface area contributed by atoms with Crippen molar-refractivity contribution >= 4 is 10.9 Å². The summed E-state index contributed by atoms with van der Waals surface area (Å²) in [5.41, 5.74) is 1.60. The summed E-state index contributed by atoms with van der Waals surface area (Å²) in [6, 6.07) is 8.59. The van der Waals surface area contributed by atoms with E-state index in [4.69, 9.17) is 0 Å². The van der Waals surface area contributed by atoms with Gasteiger partial charge in [0.1, 0.15) is 0 Å². The van der Waals surface area contributed by atoms with Crippen molar-refractivity contribution in [2.75, 3.05) is 0 Å². The van der Waals surface area contributed by atoms with Crippen LogP contribution in [0.25, 0.3) is 27.8 Å². The third-order valence-electron chi connectivity index (χ3n) is 3.81. The molecule has 0 radical (unpaired) electrons. The number of benzene rings is 1. The number of fused-ring (bicyclic) bond motifs is 1. The maximum absolute atomic E-state index is 13.3. The van der Waals surface area contributed by atoms with E-state index in [1.807, 2.05) is 6.07 Å². The smallest absolute Gasteiger partial charge is 0.360 e. The second-order valence-corrected chi connectivity index (χ2v) is 5.31. The first-order chi connectivity index (χ1) is 11.5. The molecule has 0 spiro atoms. The summed E-state index contributed by atoms with van der Waals surface area (Å²) in [7, 11) is 0. The first-order valence-electron chi connectivity index (χ1n) is 7.16. The molecule has 120 valence electrons. The Morgan fingerprint density at radius 1 is 1.08 bits per heavy atom. The van der Waals surface area contributed by atoms with Crippen LogP contribution in [0.3, 0.4) is 0 Å². The van der Waals surface area contributed by atoms with Gasteiger partial charge in [-0.15, -0.1) is 0 Å². The zero-order valence-electron chi connectivity index (χ0n) is 12.2. The zero-order chi connectivity index (χ0) is 16.7. The van der Waals surface area contributed by atoms with Crippen LogP contribution in [0.1, 0.15) is 5.56 Å². The number of H-pyrrole nitrogens is 1. The van der Waals surface area contributed by atoms with Crippen molar-refractivity contribution < 1.29 is 13.2 Å². The Kier molecular flexibility index (Phi) is 3.16. The lowest BCUT2D eigenvalue weighted by atomic mass is 10.1. The van der Waals surface area contributed by atoms with Crippen molar-refractivity contribution in [3.8, 4) is 16.9 Å². The van der Waals surface area contributed by atoms with E-state index in [-0.39, 0.29) is 5.39 Å². The van der Waals surface area contributed by atoms with E-state index in [1.165, 1.54) is 6.33 Å². The number of aromatic amines is 1. The van der Waals surface area contributed by atoms with Crippen molar-refractivity contribution in [3.63, 3.8) is 0 Å². The SMILES string of the molecule is FC(F)(F)c1c[nH]c2cccc(-n3cnc(-c4cccnc4)c3)c12. The highest BCUT2D eigenvalue weighted by Gasteiger charge is 2.34. The van der Waals surface area contributed by atoms with Crippen molar-refractivity contribution in [2.45, 2.75) is 6.18 Å². The van der Waals surface area contributed by atoms with Gasteiger partial charge >= 0.3 is 6.18 Å². The third-order valence-corrected chi connectivity index (χ3v) is 3.81. The fraction of sp³-hybridized carbons (Fsp3) is 0.0588. The molecule has 3 aromatic heterocycles. The topological polar surface area (TPSA) is 46.5 Å². The molecule has 0 saturated carbocycles. The van der Waals surface area contributed by atoms with E-state index in [0.29, 0.717) is 16.9 Å². The number of nitrogens with zero attached hydrogens (tertiary/aromatic N) is 3. The van der Waals surface area contributed by atoms with E-state index in [1.54, 1.807) is 47.4 Å². The van der Waals surface area contributed by atoms with Crippen LogP contribution in [0.5, 0.6) is 0 Å². The standard InChI is InChI=1S/C17H11F3N4/c18-17(19,20)12-8-22-13-4-1-5-15(16(12)13)24-9-14(23-10-24)11-3-2-6-21-7-11/h1-10,22H. The normalized spacial score (nSPS) is 12.0. The van der Waals surface area contributed by atoms with E-state index in [0.717, 1.165) is 11.8 Å². The monoisotopic (exact) mass is 328 g/mol. The van der Waals surface area contributed by atoms with E-state index < -0.39 is 11.7 Å². The summed E-state index contributed by atoms with van der Waals surface area (Å²) < 4.78 is 41.4. The summed E-state index contributed by atoms with van der Waals surface area (Å²) in [4.78, 5) is 11.0. The van der Waals surface area contributed by atoms with Crippen molar-refractivity contribution in [2.24, 2.45) is 0 Å². The molecule has 1 aromatic carbocycles. The molecule has 24 heavy (non-hydrogen) atoms. The van der Waals surface area contributed by atoms with Crippen LogP contribution in [0.2, 0.25) is 0 Å². The van der Waals surface area contributed by atoms with Gasteiger partial charge in [0.25, 0.3) is 0 Å². The number of rotatable bonds is 2. The van der Waals surface area contributed by atoms with Crippen LogP contribution in [-0.4, -0.2) is 19.5 Å². The average molecular weight is 328 g/mol. The molecule has 0 aliphatic heterocycles. The van der Waals surface area contributed by atoms with E-state index in [2.05, 4.69) is 15.0 Å². The van der Waals surface area contributed by atoms with Crippen LogP contribution in [0.4, 0.5) is 13.2 Å². The van der Waals surface area contributed by atoms with Gasteiger partial charge in [-0.3, -0.25) is 4.98 Å². The van der Waals surface area contributed by atoms with E-state index >= 15 is 0 Å². The minimum atomic E-state index is -4.43. The average Bonchev–Trinajstić information content (AvgIpc) is 3.22. The number of hydrogen-bond acceptors (Lipinski definition) is 2. The minimum absolute atomic E-state index is 0.125. The van der Waals surface area contributed by atoms with Crippen LogP contribution in [0.15, 0.2) is 61.4 Å². The second kappa shape index (κ2) is 5.23. The van der Waals surface area contributed by atoms with Crippen LogP contribution in [-0.2, 0) is 6.18 Å². The molecular formula is C17H11F3N4. The molecule has 4 nitrogen and oxygen atoms in total. The minimum Gasteiger partial charge on any atom is -0.360 e. The van der Waals surface area contributed by atoms with Crippen LogP contribution in [0, 0.1) is 0 Å². The van der Waals surface area contributed by atoms with E-state index in [9.17, 15) is 13.2 Å². The number of halogens is 3. The molecule has 0 amide bonds. The molecule has 3 heterocycles. The zero-order valence-corrected chi connectivity index (χ0v) is 12.2. The lowest BCUT2D eigenvalue weighted by Crippen LogP contribution is -2.05. The number of pyridine rings is 1. The van der Waals surface area contributed by atoms with Gasteiger partial charge in [-0.2, -0.15) is 13.2 Å². The number of aromatic nitrogens is 4. The Morgan fingerprint density at radius 3 is 2.71 bits per heavy atom. The van der Waals surface area contributed by atoms with Crippen molar-refractivity contribution in [3.05, 3.63) is 67.0 Å². The fourth-order valence-corrected chi connectivity index (χ4v) is 2.72. The second-order valence-electron chi connectivity index (χ2n) is 5.31. The molecule has 0 aliphatic carbocycles. The van der Waals surface area contributed by atoms with Gasteiger partial charge in [-0.25, -0.2) is 4.98 Å². The molecule has 7 heteroatoms. The molecule has 0 atom stereocenters. The van der Waals surface area contributed by atoms with Gasteiger partial charge in [-0.1, -0.05) is 6.07 Å². The molecule has 4 aromatic rings. The number of hydrogen-bond donors (Lipinski definition) is 1. The Bertz CT molecular complexity index is 1000. The lowest BCUT2D eigenvalue weighted by molar-refractivity contribution is -0.136. The number of nitrogens with one attached hydrogen (secondary N) is 1. The Morgan fingerprint density at radius 2 is 1.96 bits per heavy atom. The maximum Gasteiger partial charge on any atom is 0.418 e. The largest absolute Gasteiger partial charge is 0.418 e. The fourth-order valence-electron chi connectivity index (χ4n) is 2.72. The molecule has 0 bridgehead atoms. The van der Waals surface area contributed by atoms with Crippen molar-refractivity contribution in [1.29, 1.82) is 0 Å². The Hall–Kier alpha value is -3.09. The molecule has 1 N–H and O–H groups in total. The highest BCUT2D eigenvalue weighted by Crippen LogP contribution is 2.37. The first-order valence-corrected chi connectivity index (χ1v) is 7.16. The lowest BCUT2D eigenvalue weighted by Gasteiger charge is -2.09. The highest BCUT2D eigenvalue weighted by atomic mass is 19.4. The summed E-state index contributed by atoms with van der Waals surface area (Å²) in [6.45, 7) is 0. The quantitative estimate of drug-likeness (QED) is 0.591. The summed E-state index contributed by atoms with van der Waals surface area (Å²) >= 11 is 0. The van der Waals surface area contributed by atoms with Gasteiger partial charge < -0.3 is 9.55 Å². The van der Waals surface area contributed by atoms with Crippen molar-refractivity contribution in [1.82, 2.24) is 19.5 Å². The molecule has 0 fully saturated rings. The molecule has 4 rings (SSSR count). The number of imidazole rings is 1. The summed E-state index contributed by atoms with van der Waals surface area (Å²) in [5.74, 6) is 0. The summed E-state index contributed by atoms with van der Waals surface area (Å²) in [5, 5.41) is 0.125. The molecule has 0 aliphatic rings. The highest BCUT2D eigenvalue weighted by molar-refractivity contribution is 5.91. The van der Waals surface area contributed by atoms with Gasteiger partial charge in [0, 0.05) is 41.3 Å². The number of alkyl halides is 3. The first kappa shape index (κ1) is 14.5. The molecule has 0 saturated heterocycles. The third kappa shape index (κ3) is 2.34. The Labute approximate surface area is 134 Å². The van der Waals surface area contributed by atoms with Gasteiger partial charge in [0.2, 0.25) is 0 Å². The maximum atomic E-state index is 13.3. The predicted octanol–water partition coefficient (Wildman–Crippen LogP) is 4.43. The van der Waals surface area contributed by atoms with Crippen LogP contribution >= 0.6 is 0 Å².